The number of carboxylic acid groups (broad SMARTS) is 1. The van der Waals surface area contributed by atoms with Crippen LogP contribution in [0.4, 0.5) is 0 Å². The van der Waals surface area contributed by atoms with Crippen LogP contribution in [0.15, 0.2) is 0 Å². The smallest absolute Gasteiger partial charge is 0.326 e. The van der Waals surface area contributed by atoms with Crippen LogP contribution in [0.3, 0.4) is 0 Å². The lowest BCUT2D eigenvalue weighted by molar-refractivity contribution is -0.143. The molecular formula is C14H25NO3. The number of hydrogen-bond donors (Lipinski definition) is 2. The molecule has 0 heterocycles. The number of carbonyl (C=O) groups excluding carboxylic acids is 1. The molecule has 2 unspecified atom stereocenters. The van der Waals surface area contributed by atoms with E-state index in [9.17, 15) is 9.59 Å². The highest BCUT2D eigenvalue weighted by Gasteiger charge is 2.32. The second-order valence-electron chi connectivity index (χ2n) is 5.72. The summed E-state index contributed by atoms with van der Waals surface area (Å²) in [4.78, 5) is 23.3. The molecule has 1 aliphatic rings. The minimum Gasteiger partial charge on any atom is -0.480 e. The molecule has 104 valence electrons. The molecule has 1 aliphatic carbocycles. The Morgan fingerprint density at radius 2 is 1.94 bits per heavy atom. The fourth-order valence-corrected chi connectivity index (χ4v) is 2.27. The van der Waals surface area contributed by atoms with E-state index in [4.69, 9.17) is 5.11 Å². The Hall–Kier alpha value is -1.06. The Morgan fingerprint density at radius 3 is 2.33 bits per heavy atom. The van der Waals surface area contributed by atoms with Crippen LogP contribution >= 0.6 is 0 Å². The molecule has 1 amide bonds. The lowest BCUT2D eigenvalue weighted by atomic mass is 9.90. The number of nitrogens with one attached hydrogen (secondary N) is 1. The van der Waals surface area contributed by atoms with Crippen molar-refractivity contribution >= 4 is 11.9 Å². The zero-order chi connectivity index (χ0) is 13.7. The predicted octanol–water partition coefficient (Wildman–Crippen LogP) is 2.43. The highest BCUT2D eigenvalue weighted by molar-refractivity contribution is 5.85. The largest absolute Gasteiger partial charge is 0.480 e. The molecule has 0 bridgehead atoms. The van der Waals surface area contributed by atoms with Crippen molar-refractivity contribution in [1.82, 2.24) is 5.32 Å². The van der Waals surface area contributed by atoms with Crippen LogP contribution in [0.1, 0.15) is 52.9 Å². The zero-order valence-electron chi connectivity index (χ0n) is 11.6. The Kier molecular flexibility index (Phi) is 5.63. The van der Waals surface area contributed by atoms with Crippen molar-refractivity contribution in [3.8, 4) is 0 Å². The van der Waals surface area contributed by atoms with Crippen molar-refractivity contribution in [3.63, 3.8) is 0 Å². The third kappa shape index (κ3) is 4.67. The lowest BCUT2D eigenvalue weighted by Gasteiger charge is -2.22. The first-order valence-electron chi connectivity index (χ1n) is 6.98. The van der Waals surface area contributed by atoms with E-state index in [0.717, 1.165) is 25.7 Å². The number of amides is 1. The van der Waals surface area contributed by atoms with Gasteiger partial charge >= 0.3 is 5.97 Å². The molecule has 0 aromatic heterocycles. The van der Waals surface area contributed by atoms with E-state index < -0.39 is 12.0 Å². The van der Waals surface area contributed by atoms with Gasteiger partial charge in [-0.25, -0.2) is 4.79 Å². The molecule has 2 N–H and O–H groups in total. The second-order valence-corrected chi connectivity index (χ2v) is 5.72. The topological polar surface area (TPSA) is 66.4 Å². The molecule has 1 rings (SSSR count). The molecule has 4 nitrogen and oxygen atoms in total. The summed E-state index contributed by atoms with van der Waals surface area (Å²) in [5.74, 6) is -0.333. The number of rotatable bonds is 8. The molecule has 0 spiro atoms. The summed E-state index contributed by atoms with van der Waals surface area (Å²) in [5, 5.41) is 11.8. The first-order valence-corrected chi connectivity index (χ1v) is 6.98. The maximum absolute atomic E-state index is 12.1. The van der Waals surface area contributed by atoms with Gasteiger partial charge in [0.05, 0.1) is 0 Å². The van der Waals surface area contributed by atoms with E-state index in [2.05, 4.69) is 5.32 Å². The van der Waals surface area contributed by atoms with Gasteiger partial charge in [0.1, 0.15) is 6.04 Å². The van der Waals surface area contributed by atoms with Crippen molar-refractivity contribution in [1.29, 1.82) is 0 Å². The quantitative estimate of drug-likeness (QED) is 0.700. The molecule has 2 atom stereocenters. The third-order valence-electron chi connectivity index (χ3n) is 3.62. The van der Waals surface area contributed by atoms with Crippen LogP contribution in [0.5, 0.6) is 0 Å². The van der Waals surface area contributed by atoms with Crippen molar-refractivity contribution < 1.29 is 14.7 Å². The number of carboxylic acids is 1. The average molecular weight is 255 g/mol. The van der Waals surface area contributed by atoms with E-state index in [1.807, 2.05) is 20.8 Å². The highest BCUT2D eigenvalue weighted by Crippen LogP contribution is 2.33. The van der Waals surface area contributed by atoms with Gasteiger partial charge in [0.2, 0.25) is 5.91 Å². The Bertz CT molecular complexity index is 297. The zero-order valence-corrected chi connectivity index (χ0v) is 11.6. The highest BCUT2D eigenvalue weighted by atomic mass is 16.4. The summed E-state index contributed by atoms with van der Waals surface area (Å²) in [6.45, 7) is 6.06. The minimum absolute atomic E-state index is 0.0731. The molecule has 0 aromatic rings. The molecular weight excluding hydrogens is 230 g/mol. The van der Waals surface area contributed by atoms with Crippen LogP contribution in [0.2, 0.25) is 0 Å². The summed E-state index contributed by atoms with van der Waals surface area (Å²) < 4.78 is 0. The predicted molar refractivity (Wildman–Crippen MR) is 70.1 cm³/mol. The first-order chi connectivity index (χ1) is 8.45. The van der Waals surface area contributed by atoms with E-state index in [-0.39, 0.29) is 17.7 Å². The van der Waals surface area contributed by atoms with Crippen molar-refractivity contribution in [3.05, 3.63) is 0 Å². The maximum Gasteiger partial charge on any atom is 0.326 e. The van der Waals surface area contributed by atoms with Crippen LogP contribution in [0, 0.1) is 17.8 Å². The maximum atomic E-state index is 12.1. The molecule has 18 heavy (non-hydrogen) atoms. The monoisotopic (exact) mass is 255 g/mol. The molecule has 0 aromatic carbocycles. The molecule has 0 radical (unpaired) electrons. The lowest BCUT2D eigenvalue weighted by Crippen LogP contribution is -2.45. The van der Waals surface area contributed by atoms with Gasteiger partial charge in [-0.2, -0.15) is 0 Å². The van der Waals surface area contributed by atoms with Gasteiger partial charge in [-0.05, 0) is 24.7 Å². The van der Waals surface area contributed by atoms with E-state index in [1.54, 1.807) is 0 Å². The van der Waals surface area contributed by atoms with Crippen molar-refractivity contribution in [2.24, 2.45) is 17.8 Å². The first kappa shape index (κ1) is 15.0. The summed E-state index contributed by atoms with van der Waals surface area (Å²) >= 11 is 0. The number of aliphatic carboxylic acids is 1. The normalized spacial score (nSPS) is 18.4. The Balaban J connectivity index is 2.54. The second kappa shape index (κ2) is 6.76. The molecule has 1 fully saturated rings. The van der Waals surface area contributed by atoms with Gasteiger partial charge in [-0.15, -0.1) is 0 Å². The fourth-order valence-electron chi connectivity index (χ4n) is 2.27. The molecule has 0 aliphatic heterocycles. The van der Waals surface area contributed by atoms with Crippen LogP contribution in [0.25, 0.3) is 0 Å². The fraction of sp³-hybridized carbons (Fsp3) is 0.857. The summed E-state index contributed by atoms with van der Waals surface area (Å²) in [5.41, 5.74) is 0. The standard InChI is InChI=1S/C14H25NO3/c1-4-5-11(9(2)3)13(16)15-12(14(17)18)8-10-6-7-10/h9-12H,4-8H2,1-3H3,(H,15,16)(H,17,18). The van der Waals surface area contributed by atoms with Gasteiger partial charge < -0.3 is 10.4 Å². The average Bonchev–Trinajstić information content (AvgIpc) is 3.07. The number of carbonyl (C=O) groups is 2. The Labute approximate surface area is 109 Å². The summed E-state index contributed by atoms with van der Waals surface area (Å²) in [7, 11) is 0. The van der Waals surface area contributed by atoms with Gasteiger partial charge in [0.15, 0.2) is 0 Å². The minimum atomic E-state index is -0.908. The van der Waals surface area contributed by atoms with Crippen LogP contribution < -0.4 is 5.32 Å². The Morgan fingerprint density at radius 1 is 1.33 bits per heavy atom. The van der Waals surface area contributed by atoms with Gasteiger partial charge in [-0.1, -0.05) is 40.0 Å². The van der Waals surface area contributed by atoms with Crippen LogP contribution in [-0.2, 0) is 9.59 Å². The molecule has 0 saturated heterocycles. The van der Waals surface area contributed by atoms with E-state index in [0.29, 0.717) is 12.3 Å². The summed E-state index contributed by atoms with van der Waals surface area (Å²) in [6, 6.07) is -0.705. The SMILES string of the molecule is CCCC(C(=O)NC(CC1CC1)C(=O)O)C(C)C. The van der Waals surface area contributed by atoms with Gasteiger partial charge in [0, 0.05) is 5.92 Å². The van der Waals surface area contributed by atoms with Gasteiger partial charge in [-0.3, -0.25) is 4.79 Å². The van der Waals surface area contributed by atoms with Gasteiger partial charge in [0.25, 0.3) is 0 Å². The van der Waals surface area contributed by atoms with Crippen molar-refractivity contribution in [2.45, 2.75) is 58.9 Å². The van der Waals surface area contributed by atoms with E-state index >= 15 is 0 Å². The number of hydrogen-bond acceptors (Lipinski definition) is 2. The summed E-state index contributed by atoms with van der Waals surface area (Å²) in [6.07, 6.45) is 4.54. The van der Waals surface area contributed by atoms with E-state index in [1.165, 1.54) is 0 Å². The third-order valence-corrected chi connectivity index (χ3v) is 3.62. The molecule has 1 saturated carbocycles. The molecule has 4 heteroatoms. The van der Waals surface area contributed by atoms with Crippen LogP contribution in [-0.4, -0.2) is 23.0 Å². The van der Waals surface area contributed by atoms with Crippen molar-refractivity contribution in [2.75, 3.05) is 0 Å².